The molecule has 0 spiro atoms. The molecule has 0 saturated heterocycles. The van der Waals surface area contributed by atoms with Crippen LogP contribution in [0.15, 0.2) is 22.9 Å². The maximum Gasteiger partial charge on any atom is 0.156 e. The molecule has 2 rings (SSSR count). The summed E-state index contributed by atoms with van der Waals surface area (Å²) >= 11 is 0. The van der Waals surface area contributed by atoms with E-state index in [4.69, 9.17) is 10.2 Å². The number of H-pyrrole nitrogens is 1. The van der Waals surface area contributed by atoms with E-state index in [1.807, 2.05) is 13.0 Å². The van der Waals surface area contributed by atoms with Crippen molar-refractivity contribution in [1.29, 1.82) is 0 Å². The molecular weight excluding hydrogens is 154 g/mol. The van der Waals surface area contributed by atoms with Crippen molar-refractivity contribution in [2.45, 2.75) is 6.92 Å². The molecule has 0 saturated carbocycles. The van der Waals surface area contributed by atoms with E-state index in [0.717, 1.165) is 17.0 Å². The molecule has 0 amide bonds. The molecule has 2 heterocycles. The van der Waals surface area contributed by atoms with E-state index in [1.165, 1.54) is 0 Å². The number of anilines is 1. The van der Waals surface area contributed by atoms with Crippen molar-refractivity contribution in [3.05, 3.63) is 24.1 Å². The normalized spacial score (nSPS) is 10.4. The highest BCUT2D eigenvalue weighted by atomic mass is 16.3. The number of aryl methyl sites for hydroxylation is 1. The van der Waals surface area contributed by atoms with Crippen LogP contribution in [0.25, 0.3) is 11.5 Å². The Balaban J connectivity index is 2.57. The fraction of sp³-hybridized carbons (Fsp3) is 0.125. The monoisotopic (exact) mass is 163 g/mol. The lowest BCUT2D eigenvalue weighted by molar-refractivity contribution is 0.578. The van der Waals surface area contributed by atoms with E-state index >= 15 is 0 Å². The molecule has 2 aromatic rings. The van der Waals surface area contributed by atoms with Crippen LogP contribution in [0.4, 0.5) is 5.69 Å². The predicted molar refractivity (Wildman–Crippen MR) is 45.4 cm³/mol. The molecule has 12 heavy (non-hydrogen) atoms. The lowest BCUT2D eigenvalue weighted by Gasteiger charge is -1.94. The minimum atomic E-state index is 0.605. The van der Waals surface area contributed by atoms with Crippen molar-refractivity contribution in [3.63, 3.8) is 0 Å². The lowest BCUT2D eigenvalue weighted by atomic mass is 10.2. The van der Waals surface area contributed by atoms with Crippen molar-refractivity contribution in [2.24, 2.45) is 0 Å². The third-order valence-corrected chi connectivity index (χ3v) is 1.76. The molecule has 0 aliphatic heterocycles. The fourth-order valence-electron chi connectivity index (χ4n) is 1.11. The van der Waals surface area contributed by atoms with Gasteiger partial charge in [-0.25, -0.2) is 0 Å². The minimum Gasteiger partial charge on any atom is -0.462 e. The third kappa shape index (κ3) is 0.887. The number of nitrogens with zero attached hydrogens (tertiary/aromatic N) is 1. The lowest BCUT2D eigenvalue weighted by Crippen LogP contribution is -1.86. The van der Waals surface area contributed by atoms with Gasteiger partial charge in [0.25, 0.3) is 0 Å². The number of furan rings is 1. The molecule has 0 aliphatic rings. The molecule has 0 fully saturated rings. The Hall–Kier alpha value is -1.71. The first-order valence-electron chi connectivity index (χ1n) is 3.62. The van der Waals surface area contributed by atoms with Gasteiger partial charge in [-0.3, -0.25) is 5.10 Å². The molecule has 0 atom stereocenters. The van der Waals surface area contributed by atoms with Crippen LogP contribution in [0.3, 0.4) is 0 Å². The fourth-order valence-corrected chi connectivity index (χ4v) is 1.11. The zero-order valence-electron chi connectivity index (χ0n) is 6.66. The highest BCUT2D eigenvalue weighted by Crippen LogP contribution is 2.26. The molecule has 0 aromatic carbocycles. The SMILES string of the molecule is Cc1ccoc1-c1[nH]ncc1N. The average Bonchev–Trinajstić information content (AvgIpc) is 2.59. The second-order valence-corrected chi connectivity index (χ2v) is 2.63. The van der Waals surface area contributed by atoms with Gasteiger partial charge in [0.2, 0.25) is 0 Å². The van der Waals surface area contributed by atoms with Gasteiger partial charge in [0.05, 0.1) is 18.1 Å². The second kappa shape index (κ2) is 2.41. The first-order chi connectivity index (χ1) is 5.79. The molecule has 2 aromatic heterocycles. The van der Waals surface area contributed by atoms with Crippen LogP contribution in [-0.4, -0.2) is 10.2 Å². The zero-order valence-corrected chi connectivity index (χ0v) is 6.66. The van der Waals surface area contributed by atoms with Crippen LogP contribution >= 0.6 is 0 Å². The molecule has 0 unspecified atom stereocenters. The predicted octanol–water partition coefficient (Wildman–Crippen LogP) is 1.56. The first-order valence-corrected chi connectivity index (χ1v) is 3.62. The van der Waals surface area contributed by atoms with Gasteiger partial charge >= 0.3 is 0 Å². The van der Waals surface area contributed by atoms with E-state index < -0.39 is 0 Å². The highest BCUT2D eigenvalue weighted by molar-refractivity contribution is 5.69. The van der Waals surface area contributed by atoms with Gasteiger partial charge in [-0.1, -0.05) is 0 Å². The largest absolute Gasteiger partial charge is 0.462 e. The summed E-state index contributed by atoms with van der Waals surface area (Å²) in [6, 6.07) is 1.88. The number of rotatable bonds is 1. The molecule has 0 radical (unpaired) electrons. The van der Waals surface area contributed by atoms with Crippen LogP contribution in [-0.2, 0) is 0 Å². The van der Waals surface area contributed by atoms with Gasteiger partial charge in [-0.15, -0.1) is 0 Å². The Labute approximate surface area is 69.4 Å². The van der Waals surface area contributed by atoms with Gasteiger partial charge in [-0.05, 0) is 18.6 Å². The van der Waals surface area contributed by atoms with Gasteiger partial charge in [-0.2, -0.15) is 5.10 Å². The Kier molecular flexibility index (Phi) is 1.40. The Bertz CT molecular complexity index is 350. The Morgan fingerprint density at radius 2 is 2.42 bits per heavy atom. The summed E-state index contributed by atoms with van der Waals surface area (Å²) in [4.78, 5) is 0. The summed E-state index contributed by atoms with van der Waals surface area (Å²) in [5, 5.41) is 6.59. The number of nitrogen functional groups attached to an aromatic ring is 1. The Morgan fingerprint density at radius 1 is 1.58 bits per heavy atom. The number of hydrogen-bond acceptors (Lipinski definition) is 3. The number of nitrogens with one attached hydrogen (secondary N) is 1. The summed E-state index contributed by atoms with van der Waals surface area (Å²) in [5.41, 5.74) is 8.05. The van der Waals surface area contributed by atoms with Gasteiger partial charge in [0.1, 0.15) is 5.69 Å². The van der Waals surface area contributed by atoms with Crippen LogP contribution in [0, 0.1) is 6.92 Å². The molecule has 0 bridgehead atoms. The molecule has 62 valence electrons. The van der Waals surface area contributed by atoms with E-state index in [-0.39, 0.29) is 0 Å². The Morgan fingerprint density at radius 3 is 2.92 bits per heavy atom. The summed E-state index contributed by atoms with van der Waals surface area (Å²) in [6.45, 7) is 1.96. The molecule has 4 heteroatoms. The maximum absolute atomic E-state index is 5.65. The number of aromatic amines is 1. The van der Waals surface area contributed by atoms with Gasteiger partial charge in [0, 0.05) is 0 Å². The number of nitrogens with two attached hydrogens (primary N) is 1. The van der Waals surface area contributed by atoms with Crippen LogP contribution in [0.5, 0.6) is 0 Å². The molecular formula is C8H9N3O. The average molecular weight is 163 g/mol. The van der Waals surface area contributed by atoms with Crippen LogP contribution in [0.1, 0.15) is 5.56 Å². The van der Waals surface area contributed by atoms with Crippen molar-refractivity contribution >= 4 is 5.69 Å². The third-order valence-electron chi connectivity index (χ3n) is 1.76. The van der Waals surface area contributed by atoms with Crippen molar-refractivity contribution in [2.75, 3.05) is 5.73 Å². The standard InChI is InChI=1S/C8H9N3O/c1-5-2-3-12-8(5)7-6(9)4-10-11-7/h2-4H,9H2,1H3,(H,10,11). The van der Waals surface area contributed by atoms with E-state index in [2.05, 4.69) is 10.2 Å². The van der Waals surface area contributed by atoms with Gasteiger partial charge < -0.3 is 10.2 Å². The highest BCUT2D eigenvalue weighted by Gasteiger charge is 2.09. The second-order valence-electron chi connectivity index (χ2n) is 2.63. The van der Waals surface area contributed by atoms with E-state index in [0.29, 0.717) is 5.69 Å². The summed E-state index contributed by atoms with van der Waals surface area (Å²) in [5.74, 6) is 0.755. The number of aromatic nitrogens is 2. The minimum absolute atomic E-state index is 0.605. The topological polar surface area (TPSA) is 67.8 Å². The molecule has 4 nitrogen and oxygen atoms in total. The number of hydrogen-bond donors (Lipinski definition) is 2. The summed E-state index contributed by atoms with van der Waals surface area (Å²) in [7, 11) is 0. The summed E-state index contributed by atoms with van der Waals surface area (Å²) in [6.07, 6.45) is 3.20. The van der Waals surface area contributed by atoms with Crippen LogP contribution < -0.4 is 5.73 Å². The zero-order chi connectivity index (χ0) is 8.55. The quantitative estimate of drug-likeness (QED) is 0.670. The van der Waals surface area contributed by atoms with E-state index in [9.17, 15) is 0 Å². The van der Waals surface area contributed by atoms with Crippen LogP contribution in [0.2, 0.25) is 0 Å². The molecule has 3 N–H and O–H groups in total. The molecule has 0 aliphatic carbocycles. The maximum atomic E-state index is 5.65. The van der Waals surface area contributed by atoms with Crippen molar-refractivity contribution < 1.29 is 4.42 Å². The van der Waals surface area contributed by atoms with Crippen molar-refractivity contribution in [3.8, 4) is 11.5 Å². The van der Waals surface area contributed by atoms with Crippen molar-refractivity contribution in [1.82, 2.24) is 10.2 Å². The van der Waals surface area contributed by atoms with Gasteiger partial charge in [0.15, 0.2) is 5.76 Å². The smallest absolute Gasteiger partial charge is 0.156 e. The summed E-state index contributed by atoms with van der Waals surface area (Å²) < 4.78 is 5.24. The van der Waals surface area contributed by atoms with E-state index in [1.54, 1.807) is 12.5 Å². The first kappa shape index (κ1) is 6.97.